The highest BCUT2D eigenvalue weighted by Gasteiger charge is 2.53. The molecule has 17 nitrogen and oxygen atoms in total. The van der Waals surface area contributed by atoms with Crippen LogP contribution in [-0.4, -0.2) is 155 Å². The second kappa shape index (κ2) is 30.6. The van der Waals surface area contributed by atoms with Gasteiger partial charge in [0.05, 0.1) is 56.6 Å². The van der Waals surface area contributed by atoms with Crippen molar-refractivity contribution in [1.82, 2.24) is 9.62 Å². The molecule has 3 N–H and O–H groups in total. The van der Waals surface area contributed by atoms with Crippen LogP contribution in [0, 0.1) is 41.4 Å². The number of ketones is 3. The van der Waals surface area contributed by atoms with Gasteiger partial charge in [0.2, 0.25) is 15.8 Å². The smallest absolute Gasteiger partial charge is 0.329 e. The van der Waals surface area contributed by atoms with E-state index in [9.17, 15) is 42.6 Å². The lowest BCUT2D eigenvalue weighted by molar-refractivity contribution is -0.266. The largest absolute Gasteiger partial charge is 0.460 e. The third-order valence-corrected chi connectivity index (χ3v) is 16.7. The van der Waals surface area contributed by atoms with Crippen molar-refractivity contribution in [1.29, 1.82) is 0 Å². The molecule has 4 aliphatic rings. The van der Waals surface area contributed by atoms with E-state index >= 15 is 0 Å². The van der Waals surface area contributed by atoms with E-state index in [1.807, 2.05) is 65.0 Å². The van der Waals surface area contributed by atoms with Gasteiger partial charge in [-0.3, -0.25) is 19.2 Å². The van der Waals surface area contributed by atoms with Gasteiger partial charge in [-0.05, 0) is 113 Å². The lowest BCUT2D eigenvalue weighted by atomic mass is 9.78. The standard InChI is InChI=1S/C57H92N2O15S/c1-12-45-52(61)40(6)30-36(2)18-14-13-15-19-37(3)49(72-29-28-69-9)34-44-23-21-42(8)57(66,74-44)54(63)55(64)59-26-17-16-20-46(59)56(65)73-50(35-47(60)38(4)31-41(7)53(45)62)39(5)32-43-22-24-48(51(33-43)70-10)71-27-25-58-75(11,67)68/h13-15,18-19,31,36,38-40,42-46,48-51,53,58,62,66H,12,16-17,20-30,32-35H2,1-11H3/b15-13+,18-14+,37-19+,41-31+. The summed E-state index contributed by atoms with van der Waals surface area (Å²) in [5.74, 6) is -8.49. The lowest BCUT2D eigenvalue weighted by Crippen LogP contribution is -2.61. The minimum absolute atomic E-state index is 0.0432. The van der Waals surface area contributed by atoms with Crippen molar-refractivity contribution in [2.45, 2.75) is 187 Å². The molecule has 1 amide bonds. The number of piperidine rings is 1. The molecule has 2 bridgehead atoms. The topological polar surface area (TPSA) is 231 Å². The fraction of sp³-hybridized carbons (Fsp3) is 0.772. The summed E-state index contributed by atoms with van der Waals surface area (Å²) in [6, 6.07) is -1.17. The number of ether oxygens (including phenoxy) is 6. The van der Waals surface area contributed by atoms with Crippen molar-refractivity contribution in [2.75, 3.05) is 53.4 Å². The van der Waals surface area contributed by atoms with Gasteiger partial charge in [0.15, 0.2) is 0 Å². The molecule has 2 saturated heterocycles. The number of aliphatic hydroxyl groups is 2. The van der Waals surface area contributed by atoms with Gasteiger partial charge in [0, 0.05) is 63.8 Å². The number of carbonyl (C=O) groups excluding carboxylic acids is 5. The van der Waals surface area contributed by atoms with Crippen LogP contribution in [0.15, 0.2) is 47.6 Å². The average molecular weight is 1080 g/mol. The van der Waals surface area contributed by atoms with Crippen molar-refractivity contribution >= 4 is 39.2 Å². The molecule has 4 rings (SSSR count). The van der Waals surface area contributed by atoms with Gasteiger partial charge in [-0.15, -0.1) is 0 Å². The number of nitrogens with zero attached hydrogens (tertiary/aromatic N) is 1. The van der Waals surface area contributed by atoms with Crippen LogP contribution in [0.5, 0.6) is 0 Å². The Morgan fingerprint density at radius 1 is 0.880 bits per heavy atom. The molecule has 3 heterocycles. The highest BCUT2D eigenvalue weighted by atomic mass is 32.2. The van der Waals surface area contributed by atoms with Crippen LogP contribution in [0.4, 0.5) is 0 Å². The zero-order valence-corrected chi connectivity index (χ0v) is 47.6. The van der Waals surface area contributed by atoms with Gasteiger partial charge >= 0.3 is 5.97 Å². The second-order valence-electron chi connectivity index (χ2n) is 22.1. The maximum Gasteiger partial charge on any atom is 0.329 e. The Hall–Kier alpha value is -3.46. The predicted octanol–water partition coefficient (Wildman–Crippen LogP) is 6.78. The predicted molar refractivity (Wildman–Crippen MR) is 286 cm³/mol. The Morgan fingerprint density at radius 2 is 1.61 bits per heavy atom. The Kier molecular flexibility index (Phi) is 26.2. The summed E-state index contributed by atoms with van der Waals surface area (Å²) < 4.78 is 61.6. The summed E-state index contributed by atoms with van der Waals surface area (Å²) in [4.78, 5) is 73.0. The molecule has 3 aliphatic heterocycles. The molecule has 0 aromatic carbocycles. The van der Waals surface area contributed by atoms with Gasteiger partial charge in [0.25, 0.3) is 11.7 Å². The fourth-order valence-corrected chi connectivity index (χ4v) is 11.7. The first-order valence-corrected chi connectivity index (χ1v) is 29.4. The molecule has 15 atom stereocenters. The van der Waals surface area contributed by atoms with Crippen molar-refractivity contribution < 1.29 is 71.0 Å². The Bertz CT molecular complexity index is 2120. The zero-order chi connectivity index (χ0) is 55.6. The third-order valence-electron chi connectivity index (χ3n) is 15.9. The minimum Gasteiger partial charge on any atom is -0.460 e. The highest BCUT2D eigenvalue weighted by Crippen LogP contribution is 2.38. The number of amides is 1. The quantitative estimate of drug-likeness (QED) is 0.0705. The number of hydrogen-bond donors (Lipinski definition) is 3. The second-order valence-corrected chi connectivity index (χ2v) is 23.9. The first-order chi connectivity index (χ1) is 35.4. The Balaban J connectivity index is 1.69. The molecule has 0 radical (unpaired) electrons. The highest BCUT2D eigenvalue weighted by molar-refractivity contribution is 7.88. The number of fused-ring (bicyclic) bond motifs is 3. The van der Waals surface area contributed by atoms with Crippen molar-refractivity contribution in [3.63, 3.8) is 0 Å². The van der Waals surface area contributed by atoms with Crippen LogP contribution >= 0.6 is 0 Å². The van der Waals surface area contributed by atoms with Crippen molar-refractivity contribution in [2.24, 2.45) is 41.4 Å². The summed E-state index contributed by atoms with van der Waals surface area (Å²) in [5.41, 5.74) is 1.35. The summed E-state index contributed by atoms with van der Waals surface area (Å²) >= 11 is 0. The van der Waals surface area contributed by atoms with Crippen molar-refractivity contribution in [3.8, 4) is 0 Å². The third kappa shape index (κ3) is 19.2. The zero-order valence-electron chi connectivity index (χ0n) is 46.8. The normalized spacial score (nSPS) is 36.8. The minimum atomic E-state index is -3.37. The molecule has 426 valence electrons. The number of allylic oxidation sites excluding steroid dienone is 6. The van der Waals surface area contributed by atoms with Crippen LogP contribution in [0.25, 0.3) is 0 Å². The SMILES string of the molecule is CCC1C(=O)C(C)CC(C)/C=C/C=C/C=C(\C)C(OCCOC)CC2CCC(C)C(O)(O2)C(=O)C(=O)N2CCCCC2C(=O)OC(C(C)CC2CCC(OCCNS(C)(=O)=O)C(OC)C2)CC(=O)C(C)/C=C(\C)C1O. The number of hydrogen-bond acceptors (Lipinski definition) is 15. The fourth-order valence-electron chi connectivity index (χ4n) is 11.3. The molecule has 0 aromatic heterocycles. The molecule has 3 fully saturated rings. The molecule has 1 aliphatic carbocycles. The van der Waals surface area contributed by atoms with Crippen LogP contribution in [-0.2, 0) is 62.4 Å². The lowest BCUT2D eigenvalue weighted by Gasteiger charge is -2.43. The Labute approximate surface area is 448 Å². The van der Waals surface area contributed by atoms with E-state index in [4.69, 9.17) is 28.4 Å². The summed E-state index contributed by atoms with van der Waals surface area (Å²) in [6.07, 6.45) is 14.4. The van der Waals surface area contributed by atoms with Gasteiger partial charge < -0.3 is 43.5 Å². The number of nitrogens with one attached hydrogen (secondary N) is 1. The maximum atomic E-state index is 14.6. The molecule has 15 unspecified atom stereocenters. The van der Waals surface area contributed by atoms with Crippen molar-refractivity contribution in [3.05, 3.63) is 47.6 Å². The molecule has 0 spiro atoms. The number of carbonyl (C=O) groups is 5. The average Bonchev–Trinajstić information content (AvgIpc) is 3.37. The summed E-state index contributed by atoms with van der Waals surface area (Å²) in [5, 5.41) is 23.8. The summed E-state index contributed by atoms with van der Waals surface area (Å²) in [6.45, 7) is 15.7. The molecule has 0 aromatic rings. The van der Waals surface area contributed by atoms with Gasteiger partial charge in [-0.25, -0.2) is 17.9 Å². The van der Waals surface area contributed by atoms with E-state index < -0.39 is 81.7 Å². The van der Waals surface area contributed by atoms with Gasteiger partial charge in [0.1, 0.15) is 23.7 Å². The van der Waals surface area contributed by atoms with E-state index in [2.05, 4.69) is 4.72 Å². The number of cyclic esters (lactones) is 1. The molecular weight excluding hydrogens is 985 g/mol. The van der Waals surface area contributed by atoms with Crippen LogP contribution < -0.4 is 4.72 Å². The van der Waals surface area contributed by atoms with E-state index in [1.165, 1.54) is 4.90 Å². The monoisotopic (exact) mass is 1080 g/mol. The van der Waals surface area contributed by atoms with E-state index in [0.29, 0.717) is 70.0 Å². The number of Topliss-reactive ketones (excluding diaryl/α,β-unsaturated/α-hetero) is 3. The van der Waals surface area contributed by atoms with E-state index in [1.54, 1.807) is 41.1 Å². The van der Waals surface area contributed by atoms with Crippen LogP contribution in [0.2, 0.25) is 0 Å². The van der Waals surface area contributed by atoms with Gasteiger partial charge in [-0.2, -0.15) is 0 Å². The van der Waals surface area contributed by atoms with E-state index in [-0.39, 0.29) is 93.0 Å². The number of methoxy groups -OCH3 is 2. The van der Waals surface area contributed by atoms with Gasteiger partial charge in [-0.1, -0.05) is 78.0 Å². The summed E-state index contributed by atoms with van der Waals surface area (Å²) in [7, 11) is -0.190. The first kappa shape index (κ1) is 64.1. The van der Waals surface area contributed by atoms with E-state index in [0.717, 1.165) is 18.2 Å². The number of sulfonamides is 1. The van der Waals surface area contributed by atoms with Crippen LogP contribution in [0.3, 0.4) is 0 Å². The maximum absolute atomic E-state index is 14.6. The first-order valence-electron chi connectivity index (χ1n) is 27.5. The molecule has 1 saturated carbocycles. The molecule has 18 heteroatoms. The van der Waals surface area contributed by atoms with Crippen LogP contribution in [0.1, 0.15) is 139 Å². The number of rotatable bonds is 14. The number of esters is 1. The number of aliphatic hydroxyl groups excluding tert-OH is 1. The molecule has 75 heavy (non-hydrogen) atoms. The Morgan fingerprint density at radius 3 is 2.29 bits per heavy atom. The molecular formula is C57H92N2O15S.